The molecule has 0 fully saturated rings. The summed E-state index contributed by atoms with van der Waals surface area (Å²) < 4.78 is 5.36. The molecule has 1 aromatic rings. The number of nitriles is 1. The first-order valence-corrected chi connectivity index (χ1v) is 8.75. The van der Waals surface area contributed by atoms with E-state index in [0.29, 0.717) is 34.5 Å². The van der Waals surface area contributed by atoms with Crippen molar-refractivity contribution in [3.63, 3.8) is 0 Å². The molecule has 1 rings (SSSR count). The fourth-order valence-corrected chi connectivity index (χ4v) is 3.19. The van der Waals surface area contributed by atoms with Gasteiger partial charge in [-0.05, 0) is 56.9 Å². The average molecular weight is 412 g/mol. The zero-order valence-corrected chi connectivity index (χ0v) is 17.0. The zero-order valence-electron chi connectivity index (χ0n) is 14.0. The Morgan fingerprint density at radius 1 is 1.33 bits per heavy atom. The molecule has 0 saturated heterocycles. The Kier molecular flexibility index (Phi) is 10.1. The second-order valence-electron chi connectivity index (χ2n) is 5.77. The van der Waals surface area contributed by atoms with Crippen LogP contribution in [0.3, 0.4) is 0 Å². The summed E-state index contributed by atoms with van der Waals surface area (Å²) in [5, 5.41) is 18.4. The van der Waals surface area contributed by atoms with Crippen LogP contribution in [-0.2, 0) is 10.2 Å². The summed E-state index contributed by atoms with van der Waals surface area (Å²) in [4.78, 5) is 0. The highest BCUT2D eigenvalue weighted by Crippen LogP contribution is 2.38. The lowest BCUT2D eigenvalue weighted by molar-refractivity contribution is 0.305. The van der Waals surface area contributed by atoms with E-state index in [1.807, 2.05) is 6.92 Å². The predicted molar refractivity (Wildman–Crippen MR) is 104 cm³/mol. The van der Waals surface area contributed by atoms with Crippen molar-refractivity contribution < 1.29 is 4.74 Å². The van der Waals surface area contributed by atoms with E-state index in [1.54, 1.807) is 26.0 Å². The third-order valence-corrected chi connectivity index (χ3v) is 4.56. The molecule has 134 valence electrons. The molecule has 1 aromatic carbocycles. The van der Waals surface area contributed by atoms with Gasteiger partial charge in [0.1, 0.15) is 0 Å². The lowest BCUT2D eigenvalue weighted by Gasteiger charge is -2.23. The average Bonchev–Trinajstić information content (AvgIpc) is 2.50. The van der Waals surface area contributed by atoms with Crippen molar-refractivity contribution >= 4 is 53.1 Å². The highest BCUT2D eigenvalue weighted by molar-refractivity contribution is 6.34. The van der Waals surface area contributed by atoms with Crippen LogP contribution in [0.1, 0.15) is 50.7 Å². The Morgan fingerprint density at radius 3 is 2.46 bits per heavy atom. The summed E-state index contributed by atoms with van der Waals surface area (Å²) >= 11 is 18.6. The maximum Gasteiger partial charge on any atom is 0.188 e. The van der Waals surface area contributed by atoms with Gasteiger partial charge in [-0.3, -0.25) is 5.41 Å². The zero-order chi connectivity index (χ0) is 17.6. The molecule has 3 nitrogen and oxygen atoms in total. The molecule has 0 saturated carbocycles. The van der Waals surface area contributed by atoms with Gasteiger partial charge in [0, 0.05) is 15.9 Å². The molecule has 0 spiro atoms. The topological polar surface area (TPSA) is 56.9 Å². The monoisotopic (exact) mass is 410 g/mol. The first-order chi connectivity index (χ1) is 10.8. The Hall–Kier alpha value is -0.660. The van der Waals surface area contributed by atoms with Gasteiger partial charge in [-0.25, -0.2) is 0 Å². The van der Waals surface area contributed by atoms with Gasteiger partial charge in [0.15, 0.2) is 5.90 Å². The standard InChI is InChI=1S/C17H21Cl3N2O.ClH/c1-4-23-16(22)11(6-5-7-18)12-8-15(20)13(9-14(12)19)17(2,3)10-21;/h8-9,11,22H,4-7H2,1-3H3;1H. The normalized spacial score (nSPS) is 12.0. The van der Waals surface area contributed by atoms with E-state index in [2.05, 4.69) is 6.07 Å². The summed E-state index contributed by atoms with van der Waals surface area (Å²) in [7, 11) is 0. The second-order valence-corrected chi connectivity index (χ2v) is 6.96. The van der Waals surface area contributed by atoms with Crippen LogP contribution in [0, 0.1) is 16.7 Å². The van der Waals surface area contributed by atoms with Crippen LogP contribution in [-0.4, -0.2) is 18.4 Å². The molecule has 0 radical (unpaired) electrons. The van der Waals surface area contributed by atoms with Crippen LogP contribution in [0.5, 0.6) is 0 Å². The molecule has 0 aliphatic carbocycles. The van der Waals surface area contributed by atoms with Crippen molar-refractivity contribution in [2.75, 3.05) is 12.5 Å². The number of hydrogen-bond donors (Lipinski definition) is 1. The fraction of sp³-hybridized carbons (Fsp3) is 0.529. The maximum absolute atomic E-state index is 9.30. The van der Waals surface area contributed by atoms with Crippen molar-refractivity contribution in [1.29, 1.82) is 10.7 Å². The van der Waals surface area contributed by atoms with Gasteiger partial charge in [0.25, 0.3) is 0 Å². The number of ether oxygens (including phenoxy) is 1. The predicted octanol–water partition coefficient (Wildman–Crippen LogP) is 6.33. The number of halogens is 4. The Bertz CT molecular complexity index is 611. The largest absolute Gasteiger partial charge is 0.481 e. The van der Waals surface area contributed by atoms with Gasteiger partial charge >= 0.3 is 0 Å². The van der Waals surface area contributed by atoms with Crippen LogP contribution in [0.4, 0.5) is 0 Å². The molecule has 0 aliphatic heterocycles. The molecule has 1 unspecified atom stereocenters. The molecule has 0 aliphatic rings. The van der Waals surface area contributed by atoms with Crippen LogP contribution in [0.25, 0.3) is 0 Å². The van der Waals surface area contributed by atoms with E-state index in [0.717, 1.165) is 12.0 Å². The smallest absolute Gasteiger partial charge is 0.188 e. The van der Waals surface area contributed by atoms with E-state index in [-0.39, 0.29) is 24.2 Å². The van der Waals surface area contributed by atoms with E-state index in [1.165, 1.54) is 0 Å². The fourth-order valence-electron chi connectivity index (χ4n) is 2.33. The third kappa shape index (κ3) is 5.70. The molecule has 7 heteroatoms. The van der Waals surface area contributed by atoms with Crippen molar-refractivity contribution in [1.82, 2.24) is 0 Å². The highest BCUT2D eigenvalue weighted by Gasteiger charge is 2.27. The van der Waals surface area contributed by atoms with E-state index >= 15 is 0 Å². The number of nitrogens with one attached hydrogen (secondary N) is 1. The summed E-state index contributed by atoms with van der Waals surface area (Å²) in [6.45, 7) is 5.83. The number of nitrogens with zero attached hydrogens (tertiary/aromatic N) is 1. The van der Waals surface area contributed by atoms with E-state index in [4.69, 9.17) is 44.9 Å². The lowest BCUT2D eigenvalue weighted by Crippen LogP contribution is -2.18. The number of benzene rings is 1. The number of hydrogen-bond acceptors (Lipinski definition) is 3. The van der Waals surface area contributed by atoms with Crippen molar-refractivity contribution in [3.05, 3.63) is 33.3 Å². The SMILES string of the molecule is CCOC(=N)C(CCCCl)c1cc(Cl)c(C(C)(C)C#N)cc1Cl.Cl. The van der Waals surface area contributed by atoms with Gasteiger partial charge in [0.05, 0.1) is 24.0 Å². The van der Waals surface area contributed by atoms with Crippen molar-refractivity contribution in [3.8, 4) is 6.07 Å². The van der Waals surface area contributed by atoms with Crippen LogP contribution < -0.4 is 0 Å². The van der Waals surface area contributed by atoms with Crippen LogP contribution in [0.15, 0.2) is 12.1 Å². The minimum absolute atomic E-state index is 0. The first kappa shape index (κ1) is 23.3. The van der Waals surface area contributed by atoms with Gasteiger partial charge in [0.2, 0.25) is 0 Å². The van der Waals surface area contributed by atoms with Gasteiger partial charge < -0.3 is 4.74 Å². The Balaban J connectivity index is 0.00000529. The number of alkyl halides is 1. The van der Waals surface area contributed by atoms with Gasteiger partial charge in [-0.2, -0.15) is 5.26 Å². The molecule has 0 heterocycles. The minimum atomic E-state index is -0.738. The molecule has 0 aromatic heterocycles. The lowest BCUT2D eigenvalue weighted by atomic mass is 9.84. The minimum Gasteiger partial charge on any atom is -0.481 e. The summed E-state index contributed by atoms with van der Waals surface area (Å²) in [5.41, 5.74) is 0.672. The summed E-state index contributed by atoms with van der Waals surface area (Å²) in [6.07, 6.45) is 1.39. The number of rotatable bonds is 7. The molecule has 24 heavy (non-hydrogen) atoms. The summed E-state index contributed by atoms with van der Waals surface area (Å²) in [5.74, 6) is 0.363. The molecular weight excluding hydrogens is 390 g/mol. The molecule has 0 bridgehead atoms. The molecular formula is C17H22Cl4N2O. The van der Waals surface area contributed by atoms with Gasteiger partial charge in [-0.1, -0.05) is 23.2 Å². The first-order valence-electron chi connectivity index (χ1n) is 7.46. The Morgan fingerprint density at radius 2 is 1.96 bits per heavy atom. The van der Waals surface area contributed by atoms with Gasteiger partial charge in [-0.15, -0.1) is 24.0 Å². The summed E-state index contributed by atoms with van der Waals surface area (Å²) in [6, 6.07) is 5.68. The van der Waals surface area contributed by atoms with Crippen molar-refractivity contribution in [2.45, 2.75) is 44.9 Å². The van der Waals surface area contributed by atoms with Crippen LogP contribution >= 0.6 is 47.2 Å². The van der Waals surface area contributed by atoms with Crippen molar-refractivity contribution in [2.24, 2.45) is 0 Å². The third-order valence-electron chi connectivity index (χ3n) is 3.66. The highest BCUT2D eigenvalue weighted by atomic mass is 35.5. The maximum atomic E-state index is 9.30. The van der Waals surface area contributed by atoms with Crippen LogP contribution in [0.2, 0.25) is 10.0 Å². The van der Waals surface area contributed by atoms with E-state index in [9.17, 15) is 5.26 Å². The quantitative estimate of drug-likeness (QED) is 0.323. The molecule has 1 atom stereocenters. The molecule has 0 amide bonds. The van der Waals surface area contributed by atoms with E-state index < -0.39 is 5.41 Å². The molecule has 1 N–H and O–H groups in total. The second kappa shape index (κ2) is 10.4. The Labute approximate surface area is 165 Å².